The van der Waals surface area contributed by atoms with E-state index in [9.17, 15) is 9.59 Å². The summed E-state index contributed by atoms with van der Waals surface area (Å²) in [5.74, 6) is 0.646. The molecule has 1 saturated heterocycles. The molecule has 1 fully saturated rings. The SMILES string of the molecule is COc1ccc(Cl)cc1NC(=O)[C@H]1CCCN1C(=O)Oc1ccccc1. The fourth-order valence-corrected chi connectivity index (χ4v) is 3.07. The van der Waals surface area contributed by atoms with Gasteiger partial charge in [-0.25, -0.2) is 4.79 Å². The van der Waals surface area contributed by atoms with Gasteiger partial charge in [0, 0.05) is 11.6 Å². The first kappa shape index (κ1) is 18.1. The molecule has 0 bridgehead atoms. The van der Waals surface area contributed by atoms with E-state index in [-0.39, 0.29) is 5.91 Å². The molecule has 6 nitrogen and oxygen atoms in total. The van der Waals surface area contributed by atoms with Crippen LogP contribution in [0.3, 0.4) is 0 Å². The van der Waals surface area contributed by atoms with Crippen molar-refractivity contribution in [2.24, 2.45) is 0 Å². The molecule has 0 aromatic heterocycles. The van der Waals surface area contributed by atoms with E-state index in [1.54, 1.807) is 42.5 Å². The van der Waals surface area contributed by atoms with Crippen molar-refractivity contribution in [2.75, 3.05) is 19.0 Å². The summed E-state index contributed by atoms with van der Waals surface area (Å²) >= 11 is 5.99. The fraction of sp³-hybridized carbons (Fsp3) is 0.263. The molecule has 0 aliphatic carbocycles. The molecule has 0 spiro atoms. The number of ether oxygens (including phenoxy) is 2. The highest BCUT2D eigenvalue weighted by atomic mass is 35.5. The molecule has 1 heterocycles. The maximum atomic E-state index is 12.7. The molecule has 2 aromatic rings. The summed E-state index contributed by atoms with van der Waals surface area (Å²) in [5.41, 5.74) is 0.466. The molecule has 1 aliphatic heterocycles. The van der Waals surface area contributed by atoms with Crippen molar-refractivity contribution in [2.45, 2.75) is 18.9 Å². The number of rotatable bonds is 4. The first-order chi connectivity index (χ1) is 12.6. The molecule has 2 amide bonds. The Morgan fingerprint density at radius 2 is 1.96 bits per heavy atom. The van der Waals surface area contributed by atoms with E-state index in [1.807, 2.05) is 6.07 Å². The zero-order chi connectivity index (χ0) is 18.5. The van der Waals surface area contributed by atoms with Gasteiger partial charge in [0.15, 0.2) is 0 Å². The number of hydrogen-bond donors (Lipinski definition) is 1. The molecule has 1 atom stereocenters. The number of benzene rings is 2. The van der Waals surface area contributed by atoms with Crippen molar-refractivity contribution >= 4 is 29.3 Å². The highest BCUT2D eigenvalue weighted by molar-refractivity contribution is 6.31. The number of hydrogen-bond acceptors (Lipinski definition) is 4. The van der Waals surface area contributed by atoms with Gasteiger partial charge in [0.2, 0.25) is 5.91 Å². The van der Waals surface area contributed by atoms with E-state index >= 15 is 0 Å². The fourth-order valence-electron chi connectivity index (χ4n) is 2.90. The summed E-state index contributed by atoms with van der Waals surface area (Å²) in [7, 11) is 1.51. The number of halogens is 1. The van der Waals surface area contributed by atoms with Crippen LogP contribution in [0.25, 0.3) is 0 Å². The average molecular weight is 375 g/mol. The zero-order valence-corrected chi connectivity index (χ0v) is 15.0. The quantitative estimate of drug-likeness (QED) is 0.879. The lowest BCUT2D eigenvalue weighted by molar-refractivity contribution is -0.119. The predicted molar refractivity (Wildman–Crippen MR) is 98.8 cm³/mol. The van der Waals surface area contributed by atoms with Gasteiger partial charge in [-0.15, -0.1) is 0 Å². The van der Waals surface area contributed by atoms with Crippen LogP contribution in [0.4, 0.5) is 10.5 Å². The van der Waals surface area contributed by atoms with Crippen LogP contribution in [0.15, 0.2) is 48.5 Å². The average Bonchev–Trinajstić information content (AvgIpc) is 3.13. The van der Waals surface area contributed by atoms with Crippen LogP contribution in [0.2, 0.25) is 5.02 Å². The van der Waals surface area contributed by atoms with Crippen LogP contribution in [-0.2, 0) is 4.79 Å². The largest absolute Gasteiger partial charge is 0.495 e. The first-order valence-corrected chi connectivity index (χ1v) is 8.64. The Morgan fingerprint density at radius 1 is 1.19 bits per heavy atom. The minimum absolute atomic E-state index is 0.298. The molecule has 0 radical (unpaired) electrons. The number of nitrogens with zero attached hydrogens (tertiary/aromatic N) is 1. The molecule has 3 rings (SSSR count). The van der Waals surface area contributed by atoms with Crippen LogP contribution < -0.4 is 14.8 Å². The Morgan fingerprint density at radius 3 is 2.69 bits per heavy atom. The summed E-state index contributed by atoms with van der Waals surface area (Å²) in [5, 5.41) is 3.27. The second-order valence-electron chi connectivity index (χ2n) is 5.87. The number of amides is 2. The second-order valence-corrected chi connectivity index (χ2v) is 6.30. The van der Waals surface area contributed by atoms with Gasteiger partial charge in [-0.3, -0.25) is 9.69 Å². The lowest BCUT2D eigenvalue weighted by Crippen LogP contribution is -2.44. The maximum absolute atomic E-state index is 12.7. The predicted octanol–water partition coefficient (Wildman–Crippen LogP) is 3.95. The van der Waals surface area contributed by atoms with Crippen molar-refractivity contribution in [3.63, 3.8) is 0 Å². The van der Waals surface area contributed by atoms with Gasteiger partial charge >= 0.3 is 6.09 Å². The molecule has 136 valence electrons. The summed E-state index contributed by atoms with van der Waals surface area (Å²) < 4.78 is 10.6. The van der Waals surface area contributed by atoms with Crippen molar-refractivity contribution < 1.29 is 19.1 Å². The van der Waals surface area contributed by atoms with Gasteiger partial charge in [-0.1, -0.05) is 29.8 Å². The number of anilines is 1. The van der Waals surface area contributed by atoms with E-state index < -0.39 is 12.1 Å². The Labute approximate surface area is 156 Å². The highest BCUT2D eigenvalue weighted by Crippen LogP contribution is 2.29. The van der Waals surface area contributed by atoms with E-state index in [0.717, 1.165) is 6.42 Å². The summed E-state index contributed by atoms with van der Waals surface area (Å²) in [6.45, 7) is 0.469. The molecule has 26 heavy (non-hydrogen) atoms. The second kappa shape index (κ2) is 8.10. The van der Waals surface area contributed by atoms with E-state index in [0.29, 0.717) is 35.2 Å². The minimum Gasteiger partial charge on any atom is -0.495 e. The van der Waals surface area contributed by atoms with Crippen LogP contribution >= 0.6 is 11.6 Å². The number of methoxy groups -OCH3 is 1. The van der Waals surface area contributed by atoms with Gasteiger partial charge in [0.25, 0.3) is 0 Å². The Balaban J connectivity index is 1.70. The number of carbonyl (C=O) groups is 2. The Hall–Kier alpha value is -2.73. The molecule has 1 aliphatic rings. The van der Waals surface area contributed by atoms with Crippen molar-refractivity contribution in [1.29, 1.82) is 0 Å². The zero-order valence-electron chi connectivity index (χ0n) is 14.3. The monoisotopic (exact) mass is 374 g/mol. The van der Waals surface area contributed by atoms with Gasteiger partial charge in [-0.2, -0.15) is 0 Å². The topological polar surface area (TPSA) is 67.9 Å². The van der Waals surface area contributed by atoms with E-state index in [4.69, 9.17) is 21.1 Å². The minimum atomic E-state index is -0.602. The number of nitrogens with one attached hydrogen (secondary N) is 1. The Kier molecular flexibility index (Phi) is 5.63. The van der Waals surface area contributed by atoms with Crippen LogP contribution in [-0.4, -0.2) is 36.6 Å². The Bertz CT molecular complexity index is 797. The molecular weight excluding hydrogens is 356 g/mol. The van der Waals surface area contributed by atoms with Gasteiger partial charge < -0.3 is 14.8 Å². The third kappa shape index (κ3) is 4.08. The normalized spacial score (nSPS) is 16.2. The van der Waals surface area contributed by atoms with Crippen molar-refractivity contribution in [3.8, 4) is 11.5 Å². The van der Waals surface area contributed by atoms with E-state index in [1.165, 1.54) is 12.0 Å². The van der Waals surface area contributed by atoms with Gasteiger partial charge in [0.1, 0.15) is 17.5 Å². The lowest BCUT2D eigenvalue weighted by atomic mass is 10.2. The van der Waals surface area contributed by atoms with Crippen molar-refractivity contribution in [3.05, 3.63) is 53.6 Å². The molecule has 1 N–H and O–H groups in total. The van der Waals surface area contributed by atoms with Crippen LogP contribution in [0, 0.1) is 0 Å². The maximum Gasteiger partial charge on any atom is 0.415 e. The molecule has 0 saturated carbocycles. The summed E-state index contributed by atoms with van der Waals surface area (Å²) in [6.07, 6.45) is 0.764. The smallest absolute Gasteiger partial charge is 0.415 e. The van der Waals surface area contributed by atoms with E-state index in [2.05, 4.69) is 5.32 Å². The van der Waals surface area contributed by atoms with Crippen molar-refractivity contribution in [1.82, 2.24) is 4.90 Å². The molecule has 2 aromatic carbocycles. The number of carbonyl (C=O) groups excluding carboxylic acids is 2. The van der Waals surface area contributed by atoms with Gasteiger partial charge in [-0.05, 0) is 43.2 Å². The van der Waals surface area contributed by atoms with Gasteiger partial charge in [0.05, 0.1) is 12.8 Å². The number of para-hydroxylation sites is 1. The van der Waals surface area contributed by atoms with Crippen LogP contribution in [0.1, 0.15) is 12.8 Å². The summed E-state index contributed by atoms with van der Waals surface area (Å²) in [4.78, 5) is 26.6. The standard InChI is InChI=1S/C19H19ClN2O4/c1-25-17-10-9-13(20)12-15(17)21-18(23)16-8-5-11-22(16)19(24)26-14-6-3-2-4-7-14/h2-4,6-7,9-10,12,16H,5,8,11H2,1H3,(H,21,23)/t16-/m1/s1. The highest BCUT2D eigenvalue weighted by Gasteiger charge is 2.35. The lowest BCUT2D eigenvalue weighted by Gasteiger charge is -2.23. The third-order valence-corrected chi connectivity index (χ3v) is 4.39. The molecule has 7 heteroatoms. The number of likely N-dealkylation sites (tertiary alicyclic amines) is 1. The summed E-state index contributed by atoms with van der Waals surface area (Å²) in [6, 6.07) is 13.1. The molecular formula is C19H19ClN2O4. The first-order valence-electron chi connectivity index (χ1n) is 8.26. The van der Waals surface area contributed by atoms with Crippen LogP contribution in [0.5, 0.6) is 11.5 Å². The molecule has 0 unspecified atom stereocenters. The third-order valence-electron chi connectivity index (χ3n) is 4.16.